The molecular weight excluding hydrogens is 380 g/mol. The molecule has 7 heteroatoms. The van der Waals surface area contributed by atoms with E-state index in [0.29, 0.717) is 0 Å². The molecule has 6 nitrogen and oxygen atoms in total. The Kier molecular flexibility index (Phi) is 4.57. The van der Waals surface area contributed by atoms with Gasteiger partial charge in [0.25, 0.3) is 0 Å². The molecule has 0 amide bonds. The van der Waals surface area contributed by atoms with Crippen LogP contribution in [0.3, 0.4) is 0 Å². The van der Waals surface area contributed by atoms with E-state index in [9.17, 15) is 0 Å². The molecule has 3 heterocycles. The summed E-state index contributed by atoms with van der Waals surface area (Å²) in [6.45, 7) is 5.05. The Morgan fingerprint density at radius 1 is 1.12 bits per heavy atom. The van der Waals surface area contributed by atoms with Crippen molar-refractivity contribution in [3.8, 4) is 0 Å². The van der Waals surface area contributed by atoms with Crippen molar-refractivity contribution in [1.29, 1.82) is 0 Å². The van der Waals surface area contributed by atoms with Gasteiger partial charge < -0.3 is 10.2 Å². The SMILES string of the molecule is CCCn1ncc2c(Nc3ccc(Br)cc3)nc(N3CCCC3)nc21. The lowest BCUT2D eigenvalue weighted by Gasteiger charge is -2.17. The molecule has 0 bridgehead atoms. The zero-order chi connectivity index (χ0) is 17.2. The largest absolute Gasteiger partial charge is 0.341 e. The van der Waals surface area contributed by atoms with Crippen molar-refractivity contribution in [2.24, 2.45) is 0 Å². The number of hydrogen-bond acceptors (Lipinski definition) is 5. The molecule has 25 heavy (non-hydrogen) atoms. The molecule has 0 spiro atoms. The minimum absolute atomic E-state index is 0.794. The van der Waals surface area contributed by atoms with Crippen LogP contribution in [0.1, 0.15) is 26.2 Å². The summed E-state index contributed by atoms with van der Waals surface area (Å²) in [6, 6.07) is 8.10. The number of nitrogens with zero attached hydrogens (tertiary/aromatic N) is 5. The van der Waals surface area contributed by atoms with Crippen LogP contribution in [0.4, 0.5) is 17.5 Å². The number of nitrogens with one attached hydrogen (secondary N) is 1. The van der Waals surface area contributed by atoms with Crippen molar-refractivity contribution >= 4 is 44.4 Å². The molecule has 0 atom stereocenters. The molecule has 0 aliphatic carbocycles. The molecule has 0 unspecified atom stereocenters. The molecule has 1 aromatic carbocycles. The molecule has 1 saturated heterocycles. The summed E-state index contributed by atoms with van der Waals surface area (Å²) in [5, 5.41) is 8.92. The highest BCUT2D eigenvalue weighted by atomic mass is 79.9. The number of aromatic nitrogens is 4. The standard InChI is InChI=1S/C18H21BrN6/c1-2-9-25-17-15(12-20-25)16(21-14-7-5-13(19)6-8-14)22-18(23-17)24-10-3-4-11-24/h5-8,12H,2-4,9-11H2,1H3,(H,21,22,23). The number of benzene rings is 1. The topological polar surface area (TPSA) is 58.9 Å². The molecule has 1 aliphatic heterocycles. The number of fused-ring (bicyclic) bond motifs is 1. The minimum atomic E-state index is 0.794. The van der Waals surface area contributed by atoms with Gasteiger partial charge in [-0.25, -0.2) is 4.68 Å². The second kappa shape index (κ2) is 7.00. The average molecular weight is 401 g/mol. The van der Waals surface area contributed by atoms with Crippen molar-refractivity contribution in [3.05, 3.63) is 34.9 Å². The van der Waals surface area contributed by atoms with Gasteiger partial charge in [0.2, 0.25) is 5.95 Å². The Labute approximate surface area is 155 Å². The van der Waals surface area contributed by atoms with E-state index in [1.807, 2.05) is 35.1 Å². The summed E-state index contributed by atoms with van der Waals surface area (Å²) in [4.78, 5) is 11.9. The molecule has 4 rings (SSSR count). The van der Waals surface area contributed by atoms with Crippen LogP contribution in [-0.2, 0) is 6.54 Å². The summed E-state index contributed by atoms with van der Waals surface area (Å²) in [5.74, 6) is 1.61. The van der Waals surface area contributed by atoms with Gasteiger partial charge >= 0.3 is 0 Å². The number of halogens is 1. The molecule has 0 saturated carbocycles. The minimum Gasteiger partial charge on any atom is -0.341 e. The Hall–Kier alpha value is -2.15. The van der Waals surface area contributed by atoms with E-state index in [1.54, 1.807) is 0 Å². The third-order valence-corrected chi connectivity index (χ3v) is 4.94. The van der Waals surface area contributed by atoms with E-state index in [2.05, 4.69) is 38.2 Å². The highest BCUT2D eigenvalue weighted by molar-refractivity contribution is 9.10. The van der Waals surface area contributed by atoms with Crippen LogP contribution in [0.15, 0.2) is 34.9 Å². The maximum absolute atomic E-state index is 4.82. The third kappa shape index (κ3) is 3.33. The zero-order valence-corrected chi connectivity index (χ0v) is 15.8. The maximum Gasteiger partial charge on any atom is 0.229 e. The summed E-state index contributed by atoms with van der Waals surface area (Å²) in [7, 11) is 0. The number of anilines is 3. The summed E-state index contributed by atoms with van der Waals surface area (Å²) in [6.07, 6.45) is 5.28. The lowest BCUT2D eigenvalue weighted by Crippen LogP contribution is -2.21. The predicted molar refractivity (Wildman–Crippen MR) is 104 cm³/mol. The molecule has 1 fully saturated rings. The van der Waals surface area contributed by atoms with E-state index in [0.717, 1.165) is 59.0 Å². The Balaban J connectivity index is 1.78. The first-order valence-electron chi connectivity index (χ1n) is 8.75. The molecule has 2 aromatic heterocycles. The average Bonchev–Trinajstić information content (AvgIpc) is 3.28. The highest BCUT2D eigenvalue weighted by Gasteiger charge is 2.19. The monoisotopic (exact) mass is 400 g/mol. The van der Waals surface area contributed by atoms with Gasteiger partial charge in [0.15, 0.2) is 5.65 Å². The molecular formula is C18H21BrN6. The maximum atomic E-state index is 4.82. The van der Waals surface area contributed by atoms with Gasteiger partial charge in [-0.1, -0.05) is 22.9 Å². The second-order valence-electron chi connectivity index (χ2n) is 6.30. The smallest absolute Gasteiger partial charge is 0.229 e. The Morgan fingerprint density at radius 3 is 2.60 bits per heavy atom. The third-order valence-electron chi connectivity index (χ3n) is 4.42. The van der Waals surface area contributed by atoms with Crippen LogP contribution < -0.4 is 10.2 Å². The van der Waals surface area contributed by atoms with Crippen LogP contribution >= 0.6 is 15.9 Å². The summed E-state index contributed by atoms with van der Waals surface area (Å²) >= 11 is 3.47. The zero-order valence-electron chi connectivity index (χ0n) is 14.2. The second-order valence-corrected chi connectivity index (χ2v) is 7.22. The molecule has 130 valence electrons. The van der Waals surface area contributed by atoms with Gasteiger partial charge in [-0.05, 0) is 43.5 Å². The predicted octanol–water partition coefficient (Wildman–Crippen LogP) is 4.34. The quantitative estimate of drug-likeness (QED) is 0.689. The van der Waals surface area contributed by atoms with Crippen molar-refractivity contribution in [1.82, 2.24) is 19.7 Å². The van der Waals surface area contributed by atoms with Crippen LogP contribution in [0.25, 0.3) is 11.0 Å². The van der Waals surface area contributed by atoms with Crippen LogP contribution in [0, 0.1) is 0 Å². The molecule has 3 aromatic rings. The fourth-order valence-electron chi connectivity index (χ4n) is 3.14. The molecule has 0 radical (unpaired) electrons. The van der Waals surface area contributed by atoms with E-state index < -0.39 is 0 Å². The van der Waals surface area contributed by atoms with Crippen molar-refractivity contribution in [2.75, 3.05) is 23.3 Å². The van der Waals surface area contributed by atoms with E-state index >= 15 is 0 Å². The van der Waals surface area contributed by atoms with E-state index in [-0.39, 0.29) is 0 Å². The van der Waals surface area contributed by atoms with Crippen LogP contribution in [-0.4, -0.2) is 32.8 Å². The first-order chi connectivity index (χ1) is 12.2. The fourth-order valence-corrected chi connectivity index (χ4v) is 3.41. The van der Waals surface area contributed by atoms with E-state index in [4.69, 9.17) is 9.97 Å². The number of hydrogen-bond donors (Lipinski definition) is 1. The lowest BCUT2D eigenvalue weighted by atomic mass is 10.3. The normalized spacial score (nSPS) is 14.4. The molecule has 1 aliphatic rings. The van der Waals surface area contributed by atoms with Crippen molar-refractivity contribution in [3.63, 3.8) is 0 Å². The van der Waals surface area contributed by atoms with Crippen LogP contribution in [0.2, 0.25) is 0 Å². The Bertz CT molecular complexity index is 867. The van der Waals surface area contributed by atoms with Gasteiger partial charge in [-0.3, -0.25) is 0 Å². The first-order valence-corrected chi connectivity index (χ1v) is 9.55. The fraction of sp³-hybridized carbons (Fsp3) is 0.389. The van der Waals surface area contributed by atoms with Gasteiger partial charge in [-0.15, -0.1) is 0 Å². The van der Waals surface area contributed by atoms with Gasteiger partial charge in [0.05, 0.1) is 11.6 Å². The Morgan fingerprint density at radius 2 is 1.88 bits per heavy atom. The number of rotatable bonds is 5. The summed E-state index contributed by atoms with van der Waals surface area (Å²) < 4.78 is 3.03. The van der Waals surface area contributed by atoms with Gasteiger partial charge in [0, 0.05) is 29.8 Å². The first kappa shape index (κ1) is 16.3. The van der Waals surface area contributed by atoms with Gasteiger partial charge in [0.1, 0.15) is 5.82 Å². The van der Waals surface area contributed by atoms with Gasteiger partial charge in [-0.2, -0.15) is 15.1 Å². The van der Waals surface area contributed by atoms with E-state index in [1.165, 1.54) is 12.8 Å². The molecule has 1 N–H and O–H groups in total. The van der Waals surface area contributed by atoms with Crippen LogP contribution in [0.5, 0.6) is 0 Å². The lowest BCUT2D eigenvalue weighted by molar-refractivity contribution is 0.616. The van der Waals surface area contributed by atoms with Crippen molar-refractivity contribution < 1.29 is 0 Å². The van der Waals surface area contributed by atoms with Crippen molar-refractivity contribution in [2.45, 2.75) is 32.7 Å². The number of aryl methyl sites for hydroxylation is 1. The highest BCUT2D eigenvalue weighted by Crippen LogP contribution is 2.28. The summed E-state index contributed by atoms with van der Waals surface area (Å²) in [5.41, 5.74) is 1.90.